The predicted octanol–water partition coefficient (Wildman–Crippen LogP) is 0.349. The van der Waals surface area contributed by atoms with Crippen molar-refractivity contribution in [2.24, 2.45) is 5.73 Å². The van der Waals surface area contributed by atoms with Crippen LogP contribution in [-0.2, 0) is 19.6 Å². The van der Waals surface area contributed by atoms with E-state index in [0.29, 0.717) is 11.1 Å². The lowest BCUT2D eigenvalue weighted by molar-refractivity contribution is 0.476. The molecule has 112 valence electrons. The number of nitrogens with two attached hydrogens (primary N) is 1. The Morgan fingerprint density at radius 1 is 1.32 bits per heavy atom. The Hall–Kier alpha value is -2.51. The summed E-state index contributed by atoms with van der Waals surface area (Å²) in [5, 5.41) is 15.7. The molecular weight excluding hydrogens is 280 g/mol. The van der Waals surface area contributed by atoms with Crippen molar-refractivity contribution in [2.45, 2.75) is 19.6 Å². The van der Waals surface area contributed by atoms with Gasteiger partial charge in [-0.05, 0) is 17.7 Å². The smallest absolute Gasteiger partial charge is 0.272 e. The molecule has 0 saturated heterocycles. The van der Waals surface area contributed by atoms with Gasteiger partial charge in [0.25, 0.3) is 5.56 Å². The SMILES string of the molecule is NCc1n[nH]c(=O)c2ccc(-c3cnn4c3CNCC4)cc12. The highest BCUT2D eigenvalue weighted by Crippen LogP contribution is 2.27. The molecule has 3 heterocycles. The van der Waals surface area contributed by atoms with E-state index in [0.717, 1.165) is 41.8 Å². The second kappa shape index (κ2) is 5.04. The fraction of sp³-hybridized carbons (Fsp3) is 0.267. The lowest BCUT2D eigenvalue weighted by atomic mass is 10.0. The van der Waals surface area contributed by atoms with Crippen LogP contribution in [0.15, 0.2) is 29.2 Å². The van der Waals surface area contributed by atoms with Crippen LogP contribution in [0.1, 0.15) is 11.4 Å². The largest absolute Gasteiger partial charge is 0.325 e. The molecule has 1 aliphatic rings. The van der Waals surface area contributed by atoms with Crippen molar-refractivity contribution in [3.05, 3.63) is 46.1 Å². The third-order valence-corrected chi connectivity index (χ3v) is 4.11. The molecule has 1 aliphatic heterocycles. The molecule has 7 heteroatoms. The Morgan fingerprint density at radius 3 is 3.09 bits per heavy atom. The first-order chi connectivity index (χ1) is 10.8. The quantitative estimate of drug-likeness (QED) is 0.633. The summed E-state index contributed by atoms with van der Waals surface area (Å²) in [5.41, 5.74) is 9.50. The van der Waals surface area contributed by atoms with Gasteiger partial charge in [0, 0.05) is 30.6 Å². The number of nitrogens with one attached hydrogen (secondary N) is 2. The van der Waals surface area contributed by atoms with Crippen LogP contribution >= 0.6 is 0 Å². The molecule has 4 rings (SSSR count). The van der Waals surface area contributed by atoms with E-state index in [9.17, 15) is 4.79 Å². The van der Waals surface area contributed by atoms with Gasteiger partial charge < -0.3 is 11.1 Å². The number of fused-ring (bicyclic) bond motifs is 2. The van der Waals surface area contributed by atoms with Crippen molar-refractivity contribution < 1.29 is 0 Å². The van der Waals surface area contributed by atoms with E-state index in [1.807, 2.05) is 29.1 Å². The van der Waals surface area contributed by atoms with Crippen molar-refractivity contribution in [1.29, 1.82) is 0 Å². The lowest BCUT2D eigenvalue weighted by Gasteiger charge is -2.16. The number of H-pyrrole nitrogens is 1. The maximum absolute atomic E-state index is 11.9. The molecule has 0 spiro atoms. The summed E-state index contributed by atoms with van der Waals surface area (Å²) in [6.07, 6.45) is 1.88. The van der Waals surface area contributed by atoms with Crippen LogP contribution in [0.25, 0.3) is 21.9 Å². The van der Waals surface area contributed by atoms with Crippen molar-refractivity contribution in [3.63, 3.8) is 0 Å². The first-order valence-corrected chi connectivity index (χ1v) is 7.25. The van der Waals surface area contributed by atoms with E-state index < -0.39 is 0 Å². The van der Waals surface area contributed by atoms with Gasteiger partial charge in [-0.3, -0.25) is 9.48 Å². The van der Waals surface area contributed by atoms with Gasteiger partial charge in [0.1, 0.15) is 0 Å². The number of benzene rings is 1. The summed E-state index contributed by atoms with van der Waals surface area (Å²) < 4.78 is 2.02. The zero-order valence-corrected chi connectivity index (χ0v) is 12.0. The van der Waals surface area contributed by atoms with E-state index >= 15 is 0 Å². The van der Waals surface area contributed by atoms with Crippen LogP contribution in [0.3, 0.4) is 0 Å². The van der Waals surface area contributed by atoms with Gasteiger partial charge in [-0.2, -0.15) is 10.2 Å². The van der Waals surface area contributed by atoms with Gasteiger partial charge in [0.05, 0.1) is 29.5 Å². The predicted molar refractivity (Wildman–Crippen MR) is 83.2 cm³/mol. The van der Waals surface area contributed by atoms with Gasteiger partial charge in [-0.15, -0.1) is 0 Å². The fourth-order valence-corrected chi connectivity index (χ4v) is 2.97. The molecule has 0 saturated carbocycles. The second-order valence-electron chi connectivity index (χ2n) is 5.37. The summed E-state index contributed by atoms with van der Waals surface area (Å²) >= 11 is 0. The number of hydrogen-bond donors (Lipinski definition) is 3. The summed E-state index contributed by atoms with van der Waals surface area (Å²) in [6, 6.07) is 5.75. The van der Waals surface area contributed by atoms with E-state index in [1.165, 1.54) is 0 Å². The maximum atomic E-state index is 11.9. The first-order valence-electron chi connectivity index (χ1n) is 7.25. The van der Waals surface area contributed by atoms with Crippen LogP contribution < -0.4 is 16.6 Å². The van der Waals surface area contributed by atoms with Gasteiger partial charge in [0.15, 0.2) is 0 Å². The van der Waals surface area contributed by atoms with E-state index in [4.69, 9.17) is 5.73 Å². The average molecular weight is 296 g/mol. The minimum atomic E-state index is -0.197. The molecule has 3 aromatic rings. The number of hydrogen-bond acceptors (Lipinski definition) is 5. The minimum absolute atomic E-state index is 0.197. The molecule has 1 aromatic carbocycles. The molecule has 0 atom stereocenters. The second-order valence-corrected chi connectivity index (χ2v) is 5.37. The van der Waals surface area contributed by atoms with E-state index in [1.54, 1.807) is 0 Å². The number of aromatic amines is 1. The van der Waals surface area contributed by atoms with Gasteiger partial charge in [-0.1, -0.05) is 6.07 Å². The Morgan fingerprint density at radius 2 is 2.23 bits per heavy atom. The Kier molecular flexibility index (Phi) is 3.02. The minimum Gasteiger partial charge on any atom is -0.325 e. The molecule has 0 unspecified atom stereocenters. The van der Waals surface area contributed by atoms with Gasteiger partial charge in [0.2, 0.25) is 0 Å². The van der Waals surface area contributed by atoms with Crippen LogP contribution in [0, 0.1) is 0 Å². The zero-order valence-electron chi connectivity index (χ0n) is 12.0. The number of aromatic nitrogens is 4. The summed E-state index contributed by atoms with van der Waals surface area (Å²) in [6.45, 7) is 2.88. The van der Waals surface area contributed by atoms with Crippen LogP contribution in [0.2, 0.25) is 0 Å². The van der Waals surface area contributed by atoms with Crippen molar-refractivity contribution in [3.8, 4) is 11.1 Å². The zero-order chi connectivity index (χ0) is 15.1. The van der Waals surface area contributed by atoms with Crippen molar-refractivity contribution in [1.82, 2.24) is 25.3 Å². The highest BCUT2D eigenvalue weighted by molar-refractivity contribution is 5.88. The Labute approximate surface area is 126 Å². The molecule has 0 amide bonds. The number of nitrogens with zero attached hydrogens (tertiary/aromatic N) is 3. The third-order valence-electron chi connectivity index (χ3n) is 4.11. The molecule has 4 N–H and O–H groups in total. The normalized spacial score (nSPS) is 14.2. The van der Waals surface area contributed by atoms with Crippen molar-refractivity contribution in [2.75, 3.05) is 6.54 Å². The van der Waals surface area contributed by atoms with Crippen LogP contribution in [0.4, 0.5) is 0 Å². The molecule has 0 aliphatic carbocycles. The molecule has 0 bridgehead atoms. The third kappa shape index (κ3) is 1.94. The average Bonchev–Trinajstić information content (AvgIpc) is 2.99. The first kappa shape index (κ1) is 13.2. The van der Waals surface area contributed by atoms with E-state index in [-0.39, 0.29) is 12.1 Å². The highest BCUT2D eigenvalue weighted by Gasteiger charge is 2.16. The summed E-state index contributed by atoms with van der Waals surface area (Å²) in [4.78, 5) is 11.9. The molecule has 22 heavy (non-hydrogen) atoms. The Bertz CT molecular complexity index is 910. The van der Waals surface area contributed by atoms with Crippen molar-refractivity contribution >= 4 is 10.8 Å². The molecule has 0 fully saturated rings. The van der Waals surface area contributed by atoms with Gasteiger partial charge >= 0.3 is 0 Å². The van der Waals surface area contributed by atoms with E-state index in [2.05, 4.69) is 20.6 Å². The summed E-state index contributed by atoms with van der Waals surface area (Å²) in [5.74, 6) is 0. The molecule has 2 aromatic heterocycles. The fourth-order valence-electron chi connectivity index (χ4n) is 2.97. The van der Waals surface area contributed by atoms with Gasteiger partial charge in [-0.25, -0.2) is 5.10 Å². The van der Waals surface area contributed by atoms with Crippen LogP contribution in [0.5, 0.6) is 0 Å². The topological polar surface area (TPSA) is 102 Å². The summed E-state index contributed by atoms with van der Waals surface area (Å²) in [7, 11) is 0. The highest BCUT2D eigenvalue weighted by atomic mass is 16.1. The monoisotopic (exact) mass is 296 g/mol. The lowest BCUT2D eigenvalue weighted by Crippen LogP contribution is -2.28. The molecule has 7 nitrogen and oxygen atoms in total. The standard InChI is InChI=1S/C15H16N6O/c16-6-13-11-5-9(1-2-10(11)15(22)20-19-13)12-7-18-21-4-3-17-8-14(12)21/h1-2,5,7,17H,3-4,6,8,16H2,(H,20,22). The maximum Gasteiger partial charge on any atom is 0.272 e. The molecule has 0 radical (unpaired) electrons. The number of rotatable bonds is 2. The molecular formula is C15H16N6O. The Balaban J connectivity index is 1.93. The van der Waals surface area contributed by atoms with Crippen LogP contribution in [-0.4, -0.2) is 26.5 Å².